The Labute approximate surface area is 127 Å². The molecule has 0 radical (unpaired) electrons. The fraction of sp³-hybridized carbons (Fsp3) is 0.625. The van der Waals surface area contributed by atoms with E-state index >= 15 is 0 Å². The zero-order valence-corrected chi connectivity index (χ0v) is 14.0. The maximum Gasteiger partial charge on any atom is 0.160 e. The first-order valence-electron chi connectivity index (χ1n) is 7.07. The van der Waals surface area contributed by atoms with Crippen LogP contribution in [0.3, 0.4) is 0 Å². The minimum Gasteiger partial charge on any atom is -0.493 e. The summed E-state index contributed by atoms with van der Waals surface area (Å²) in [7, 11) is 3.34. The molecule has 0 saturated carbocycles. The van der Waals surface area contributed by atoms with Crippen LogP contribution >= 0.6 is 11.8 Å². The highest BCUT2D eigenvalue weighted by Gasteiger charge is 2.08. The molecule has 2 unspecified atom stereocenters. The Kier molecular flexibility index (Phi) is 7.85. The molecule has 2 atom stereocenters. The van der Waals surface area contributed by atoms with Gasteiger partial charge in [0, 0.05) is 11.3 Å². The first-order chi connectivity index (χ1) is 9.60. The van der Waals surface area contributed by atoms with Gasteiger partial charge >= 0.3 is 0 Å². The molecule has 0 aliphatic carbocycles. The molecule has 3 nitrogen and oxygen atoms in total. The Morgan fingerprint density at radius 2 is 1.85 bits per heavy atom. The zero-order valence-electron chi connectivity index (χ0n) is 13.2. The molecule has 114 valence electrons. The molecule has 1 rings (SSSR count). The van der Waals surface area contributed by atoms with E-state index in [1.807, 2.05) is 17.8 Å². The lowest BCUT2D eigenvalue weighted by Gasteiger charge is -2.16. The number of thioether (sulfide) groups is 1. The van der Waals surface area contributed by atoms with Gasteiger partial charge in [-0.1, -0.05) is 13.0 Å². The van der Waals surface area contributed by atoms with Crippen molar-refractivity contribution < 1.29 is 9.47 Å². The van der Waals surface area contributed by atoms with Gasteiger partial charge in [0.25, 0.3) is 0 Å². The third kappa shape index (κ3) is 5.63. The third-order valence-electron chi connectivity index (χ3n) is 3.44. The molecule has 1 aromatic carbocycles. The number of hydrogen-bond donors (Lipinski definition) is 1. The van der Waals surface area contributed by atoms with E-state index in [2.05, 4.69) is 37.6 Å². The number of methoxy groups -OCH3 is 2. The fourth-order valence-corrected chi connectivity index (χ4v) is 2.44. The summed E-state index contributed by atoms with van der Waals surface area (Å²) in [5.74, 6) is 1.58. The van der Waals surface area contributed by atoms with Gasteiger partial charge in [0.2, 0.25) is 0 Å². The van der Waals surface area contributed by atoms with Crippen LogP contribution in [0.1, 0.15) is 25.8 Å². The van der Waals surface area contributed by atoms with Crippen molar-refractivity contribution in [2.24, 2.45) is 0 Å². The topological polar surface area (TPSA) is 30.5 Å². The Balaban J connectivity index is 2.47. The van der Waals surface area contributed by atoms with Crippen LogP contribution in [0, 0.1) is 0 Å². The summed E-state index contributed by atoms with van der Waals surface area (Å²) >= 11 is 1.92. The molecule has 0 saturated heterocycles. The normalized spacial score (nSPS) is 13.8. The first kappa shape index (κ1) is 17.2. The minimum absolute atomic E-state index is 0.460. The van der Waals surface area contributed by atoms with Gasteiger partial charge in [0.1, 0.15) is 0 Å². The molecule has 0 bridgehead atoms. The van der Waals surface area contributed by atoms with E-state index in [4.69, 9.17) is 9.47 Å². The number of rotatable bonds is 9. The number of nitrogens with one attached hydrogen (secondary N) is 1. The fourth-order valence-electron chi connectivity index (χ4n) is 2.08. The second-order valence-corrected chi connectivity index (χ2v) is 6.36. The van der Waals surface area contributed by atoms with Crippen LogP contribution < -0.4 is 14.8 Å². The molecular formula is C16H27NO2S. The van der Waals surface area contributed by atoms with Crippen molar-refractivity contribution in [1.82, 2.24) is 5.32 Å². The van der Waals surface area contributed by atoms with Gasteiger partial charge in [0.15, 0.2) is 11.5 Å². The quantitative estimate of drug-likeness (QED) is 0.757. The van der Waals surface area contributed by atoms with Crippen molar-refractivity contribution in [2.75, 3.05) is 27.0 Å². The Hall–Kier alpha value is -0.870. The zero-order chi connectivity index (χ0) is 15.0. The van der Waals surface area contributed by atoms with E-state index < -0.39 is 0 Å². The van der Waals surface area contributed by atoms with E-state index in [-0.39, 0.29) is 0 Å². The van der Waals surface area contributed by atoms with E-state index in [1.54, 1.807) is 14.2 Å². The van der Waals surface area contributed by atoms with Gasteiger partial charge in [0.05, 0.1) is 14.2 Å². The standard InChI is InChI=1S/C16H27NO2S/c1-12(17-9-8-13(2)20-5)10-14-6-7-15(18-3)16(11-14)19-4/h6-7,11-13,17H,8-10H2,1-5H3. The first-order valence-corrected chi connectivity index (χ1v) is 8.36. The molecule has 1 N–H and O–H groups in total. The molecule has 0 aliphatic heterocycles. The highest BCUT2D eigenvalue weighted by atomic mass is 32.2. The molecule has 0 spiro atoms. The SMILES string of the molecule is COc1ccc(CC(C)NCCC(C)SC)cc1OC. The second kappa shape index (κ2) is 9.14. The maximum absolute atomic E-state index is 5.34. The average molecular weight is 297 g/mol. The van der Waals surface area contributed by atoms with Crippen molar-refractivity contribution in [3.63, 3.8) is 0 Å². The van der Waals surface area contributed by atoms with Gasteiger partial charge in [-0.3, -0.25) is 0 Å². The summed E-state index contributed by atoms with van der Waals surface area (Å²) in [6.45, 7) is 5.56. The summed E-state index contributed by atoms with van der Waals surface area (Å²) < 4.78 is 10.6. The number of hydrogen-bond acceptors (Lipinski definition) is 4. The molecule has 0 fully saturated rings. The molecular weight excluding hydrogens is 270 g/mol. The molecule has 20 heavy (non-hydrogen) atoms. The molecule has 0 aliphatic rings. The predicted octanol–water partition coefficient (Wildman–Crippen LogP) is 3.37. The summed E-state index contributed by atoms with van der Waals surface area (Å²) in [6, 6.07) is 6.59. The van der Waals surface area contributed by atoms with Gasteiger partial charge in [-0.15, -0.1) is 0 Å². The highest BCUT2D eigenvalue weighted by Crippen LogP contribution is 2.27. The summed E-state index contributed by atoms with van der Waals surface area (Å²) in [5, 5.41) is 4.30. The second-order valence-electron chi connectivity index (χ2n) is 5.08. The van der Waals surface area contributed by atoms with E-state index in [0.717, 1.165) is 29.7 Å². The molecule has 4 heteroatoms. The van der Waals surface area contributed by atoms with Crippen molar-refractivity contribution in [3.8, 4) is 11.5 Å². The highest BCUT2D eigenvalue weighted by molar-refractivity contribution is 7.99. The summed E-state index contributed by atoms with van der Waals surface area (Å²) in [4.78, 5) is 0. The van der Waals surface area contributed by atoms with Gasteiger partial charge in [-0.2, -0.15) is 11.8 Å². The van der Waals surface area contributed by atoms with Crippen LogP contribution in [0.2, 0.25) is 0 Å². The van der Waals surface area contributed by atoms with Crippen LogP contribution in [0.25, 0.3) is 0 Å². The smallest absolute Gasteiger partial charge is 0.160 e. The summed E-state index contributed by atoms with van der Waals surface area (Å²) in [5.41, 5.74) is 1.26. The van der Waals surface area contributed by atoms with Crippen molar-refractivity contribution in [3.05, 3.63) is 23.8 Å². The largest absolute Gasteiger partial charge is 0.493 e. The van der Waals surface area contributed by atoms with Crippen LogP contribution in [0.5, 0.6) is 11.5 Å². The van der Waals surface area contributed by atoms with Gasteiger partial charge < -0.3 is 14.8 Å². The average Bonchev–Trinajstić information content (AvgIpc) is 2.46. The van der Waals surface area contributed by atoms with Crippen molar-refractivity contribution in [1.29, 1.82) is 0 Å². The molecule has 1 aromatic rings. The Morgan fingerprint density at radius 1 is 1.15 bits per heavy atom. The third-order valence-corrected chi connectivity index (χ3v) is 4.48. The lowest BCUT2D eigenvalue weighted by molar-refractivity contribution is 0.354. The lowest BCUT2D eigenvalue weighted by atomic mass is 10.1. The predicted molar refractivity (Wildman–Crippen MR) is 88.3 cm³/mol. The van der Waals surface area contributed by atoms with Crippen LogP contribution in [0.15, 0.2) is 18.2 Å². The van der Waals surface area contributed by atoms with E-state index in [9.17, 15) is 0 Å². The number of benzene rings is 1. The van der Waals surface area contributed by atoms with Crippen LogP contribution in [-0.2, 0) is 6.42 Å². The molecule has 0 aromatic heterocycles. The lowest BCUT2D eigenvalue weighted by Crippen LogP contribution is -2.30. The van der Waals surface area contributed by atoms with E-state index in [1.165, 1.54) is 12.0 Å². The van der Waals surface area contributed by atoms with Gasteiger partial charge in [-0.05, 0) is 50.3 Å². The minimum atomic E-state index is 0.460. The van der Waals surface area contributed by atoms with E-state index in [0.29, 0.717) is 6.04 Å². The number of ether oxygens (including phenoxy) is 2. The van der Waals surface area contributed by atoms with Crippen LogP contribution in [0.4, 0.5) is 0 Å². The van der Waals surface area contributed by atoms with Crippen molar-refractivity contribution in [2.45, 2.75) is 38.0 Å². The molecule has 0 amide bonds. The van der Waals surface area contributed by atoms with Gasteiger partial charge in [-0.25, -0.2) is 0 Å². The van der Waals surface area contributed by atoms with Crippen LogP contribution in [-0.4, -0.2) is 38.3 Å². The van der Waals surface area contributed by atoms with Crippen molar-refractivity contribution >= 4 is 11.8 Å². The maximum atomic E-state index is 5.34. The summed E-state index contributed by atoms with van der Waals surface area (Å²) in [6.07, 6.45) is 4.36. The Morgan fingerprint density at radius 3 is 2.45 bits per heavy atom. The Bertz CT molecular complexity index is 398. The molecule has 0 heterocycles. The monoisotopic (exact) mass is 297 g/mol.